The van der Waals surface area contributed by atoms with Gasteiger partial charge in [0.25, 0.3) is 0 Å². The van der Waals surface area contributed by atoms with Crippen molar-refractivity contribution in [2.45, 2.75) is 12.8 Å². The Balaban J connectivity index is 1.99. The standard InChI is InChI=1S/C15H17ClFNO2/c16-13-8-11(3-5-14(13)17)4-6-15(20)18-7-1-2-12(9-18)10-19/h3-6,8,12,19H,1-2,7,9-10H2/b6-4+. The highest BCUT2D eigenvalue weighted by Gasteiger charge is 2.21. The van der Waals surface area contributed by atoms with Crippen LogP contribution in [0.3, 0.4) is 0 Å². The molecule has 0 spiro atoms. The molecule has 1 fully saturated rings. The van der Waals surface area contributed by atoms with E-state index in [2.05, 4.69) is 0 Å². The van der Waals surface area contributed by atoms with Crippen molar-refractivity contribution in [2.24, 2.45) is 5.92 Å². The first-order valence-electron chi connectivity index (χ1n) is 6.63. The van der Waals surface area contributed by atoms with Crippen LogP contribution in [0.4, 0.5) is 4.39 Å². The van der Waals surface area contributed by atoms with Crippen LogP contribution >= 0.6 is 11.6 Å². The maximum atomic E-state index is 13.0. The van der Waals surface area contributed by atoms with Crippen LogP contribution in [-0.2, 0) is 4.79 Å². The molecule has 2 rings (SSSR count). The number of carbonyl (C=O) groups is 1. The minimum Gasteiger partial charge on any atom is -0.396 e. The quantitative estimate of drug-likeness (QED) is 0.872. The first kappa shape index (κ1) is 15.0. The average molecular weight is 298 g/mol. The SMILES string of the molecule is O=C(/C=C/c1ccc(F)c(Cl)c1)N1CCCC(CO)C1. The third kappa shape index (κ3) is 3.81. The topological polar surface area (TPSA) is 40.5 Å². The Bertz CT molecular complexity index is 519. The fourth-order valence-corrected chi connectivity index (χ4v) is 2.49. The van der Waals surface area contributed by atoms with Gasteiger partial charge in [0.15, 0.2) is 0 Å². The van der Waals surface area contributed by atoms with Crippen LogP contribution in [0.1, 0.15) is 18.4 Å². The van der Waals surface area contributed by atoms with Gasteiger partial charge in [0.1, 0.15) is 5.82 Å². The molecule has 1 aliphatic heterocycles. The zero-order valence-electron chi connectivity index (χ0n) is 11.1. The summed E-state index contributed by atoms with van der Waals surface area (Å²) in [4.78, 5) is 13.8. The van der Waals surface area contributed by atoms with Gasteiger partial charge in [0.2, 0.25) is 5.91 Å². The van der Waals surface area contributed by atoms with E-state index in [0.717, 1.165) is 12.8 Å². The summed E-state index contributed by atoms with van der Waals surface area (Å²) in [6, 6.07) is 4.32. The van der Waals surface area contributed by atoms with Gasteiger partial charge in [-0.2, -0.15) is 0 Å². The number of nitrogens with zero attached hydrogens (tertiary/aromatic N) is 1. The molecule has 1 amide bonds. The minimum atomic E-state index is -0.475. The number of hydrogen-bond donors (Lipinski definition) is 1. The predicted molar refractivity (Wildman–Crippen MR) is 76.8 cm³/mol. The number of halogens is 2. The molecule has 0 aliphatic carbocycles. The molecule has 1 atom stereocenters. The fourth-order valence-electron chi connectivity index (χ4n) is 2.30. The summed E-state index contributed by atoms with van der Waals surface area (Å²) >= 11 is 5.68. The van der Waals surface area contributed by atoms with Gasteiger partial charge in [0, 0.05) is 25.8 Å². The summed E-state index contributed by atoms with van der Waals surface area (Å²) in [5.41, 5.74) is 0.681. The fraction of sp³-hybridized carbons (Fsp3) is 0.400. The van der Waals surface area contributed by atoms with Crippen molar-refractivity contribution < 1.29 is 14.3 Å². The normalized spacial score (nSPS) is 19.6. The van der Waals surface area contributed by atoms with Gasteiger partial charge in [-0.25, -0.2) is 4.39 Å². The Kier molecular flexibility index (Phi) is 5.15. The van der Waals surface area contributed by atoms with Crippen molar-refractivity contribution in [1.82, 2.24) is 4.90 Å². The van der Waals surface area contributed by atoms with E-state index in [1.165, 1.54) is 18.2 Å². The third-order valence-electron chi connectivity index (χ3n) is 3.45. The van der Waals surface area contributed by atoms with Gasteiger partial charge >= 0.3 is 0 Å². The van der Waals surface area contributed by atoms with Crippen LogP contribution in [0.15, 0.2) is 24.3 Å². The number of rotatable bonds is 3. The molecule has 0 aromatic heterocycles. The van der Waals surface area contributed by atoms with Crippen molar-refractivity contribution in [2.75, 3.05) is 19.7 Å². The smallest absolute Gasteiger partial charge is 0.246 e. The molecule has 5 heteroatoms. The van der Waals surface area contributed by atoms with Gasteiger partial charge in [-0.3, -0.25) is 4.79 Å². The van der Waals surface area contributed by atoms with E-state index < -0.39 is 5.82 Å². The number of hydrogen-bond acceptors (Lipinski definition) is 2. The molecule has 108 valence electrons. The number of carbonyl (C=O) groups excluding carboxylic acids is 1. The molecular formula is C15H17ClFNO2. The van der Waals surface area contributed by atoms with Gasteiger partial charge in [-0.1, -0.05) is 17.7 Å². The van der Waals surface area contributed by atoms with Crippen LogP contribution in [-0.4, -0.2) is 35.6 Å². The Morgan fingerprint density at radius 1 is 1.55 bits per heavy atom. The van der Waals surface area contributed by atoms with Gasteiger partial charge in [-0.15, -0.1) is 0 Å². The molecule has 1 aromatic carbocycles. The van der Waals surface area contributed by atoms with Crippen LogP contribution in [0.25, 0.3) is 6.08 Å². The van der Waals surface area contributed by atoms with E-state index >= 15 is 0 Å². The van der Waals surface area contributed by atoms with Gasteiger partial charge in [-0.05, 0) is 42.5 Å². The van der Waals surface area contributed by atoms with Crippen LogP contribution in [0.2, 0.25) is 5.02 Å². The zero-order chi connectivity index (χ0) is 14.5. The number of amides is 1. The Morgan fingerprint density at radius 2 is 2.35 bits per heavy atom. The Labute approximate surface area is 122 Å². The molecule has 1 heterocycles. The van der Waals surface area contributed by atoms with E-state index in [9.17, 15) is 9.18 Å². The first-order chi connectivity index (χ1) is 9.60. The molecule has 1 unspecified atom stereocenters. The van der Waals surface area contributed by atoms with Crippen molar-refractivity contribution in [3.63, 3.8) is 0 Å². The predicted octanol–water partition coefficient (Wildman–Crippen LogP) is 2.72. The number of likely N-dealkylation sites (tertiary alicyclic amines) is 1. The summed E-state index contributed by atoms with van der Waals surface area (Å²) < 4.78 is 13.0. The van der Waals surface area contributed by atoms with Gasteiger partial charge in [0.05, 0.1) is 5.02 Å². The summed E-state index contributed by atoms with van der Waals surface area (Å²) in [6.45, 7) is 1.41. The summed E-state index contributed by atoms with van der Waals surface area (Å²) in [6.07, 6.45) is 4.95. The lowest BCUT2D eigenvalue weighted by molar-refractivity contribution is -0.127. The van der Waals surface area contributed by atoms with Crippen molar-refractivity contribution in [3.8, 4) is 0 Å². The molecule has 0 bridgehead atoms. The van der Waals surface area contributed by atoms with Crippen molar-refractivity contribution >= 4 is 23.6 Å². The van der Waals surface area contributed by atoms with Crippen LogP contribution in [0.5, 0.6) is 0 Å². The van der Waals surface area contributed by atoms with Crippen molar-refractivity contribution in [3.05, 3.63) is 40.7 Å². The van der Waals surface area contributed by atoms with E-state index in [0.29, 0.717) is 18.7 Å². The molecule has 1 aromatic rings. The number of aliphatic hydroxyl groups excluding tert-OH is 1. The molecule has 1 N–H and O–H groups in total. The molecule has 3 nitrogen and oxygen atoms in total. The van der Waals surface area contributed by atoms with E-state index in [4.69, 9.17) is 16.7 Å². The number of piperidine rings is 1. The van der Waals surface area contributed by atoms with Crippen LogP contribution in [0, 0.1) is 11.7 Å². The van der Waals surface area contributed by atoms with E-state index in [1.807, 2.05) is 0 Å². The lowest BCUT2D eigenvalue weighted by atomic mass is 9.99. The molecule has 20 heavy (non-hydrogen) atoms. The first-order valence-corrected chi connectivity index (χ1v) is 7.01. The average Bonchev–Trinajstić information content (AvgIpc) is 2.48. The highest BCUT2D eigenvalue weighted by molar-refractivity contribution is 6.30. The second-order valence-corrected chi connectivity index (χ2v) is 5.39. The molecular weight excluding hydrogens is 281 g/mol. The number of aliphatic hydroxyl groups is 1. The molecule has 1 saturated heterocycles. The summed E-state index contributed by atoms with van der Waals surface area (Å²) in [7, 11) is 0. The molecule has 0 saturated carbocycles. The Morgan fingerprint density at radius 3 is 3.05 bits per heavy atom. The highest BCUT2D eigenvalue weighted by Crippen LogP contribution is 2.18. The lowest BCUT2D eigenvalue weighted by Gasteiger charge is -2.31. The maximum absolute atomic E-state index is 13.0. The maximum Gasteiger partial charge on any atom is 0.246 e. The summed E-state index contributed by atoms with van der Waals surface area (Å²) in [5, 5.41) is 9.19. The lowest BCUT2D eigenvalue weighted by Crippen LogP contribution is -2.40. The van der Waals surface area contributed by atoms with Gasteiger partial charge < -0.3 is 10.0 Å². The van der Waals surface area contributed by atoms with Crippen molar-refractivity contribution in [1.29, 1.82) is 0 Å². The molecule has 0 radical (unpaired) electrons. The zero-order valence-corrected chi connectivity index (χ0v) is 11.8. The van der Waals surface area contributed by atoms with Crippen LogP contribution < -0.4 is 0 Å². The third-order valence-corrected chi connectivity index (χ3v) is 3.74. The largest absolute Gasteiger partial charge is 0.396 e. The monoisotopic (exact) mass is 297 g/mol. The second kappa shape index (κ2) is 6.86. The summed E-state index contributed by atoms with van der Waals surface area (Å²) in [5.74, 6) is -0.401. The number of benzene rings is 1. The van der Waals surface area contributed by atoms with E-state index in [-0.39, 0.29) is 23.5 Å². The minimum absolute atomic E-state index is 0.0397. The molecule has 1 aliphatic rings. The van der Waals surface area contributed by atoms with E-state index in [1.54, 1.807) is 17.0 Å². The Hall–Kier alpha value is -1.39. The highest BCUT2D eigenvalue weighted by atomic mass is 35.5. The second-order valence-electron chi connectivity index (χ2n) is 4.98.